The topological polar surface area (TPSA) is 58.6 Å². The first-order valence-corrected chi connectivity index (χ1v) is 10.8. The van der Waals surface area contributed by atoms with Gasteiger partial charge >= 0.3 is 0 Å². The van der Waals surface area contributed by atoms with Gasteiger partial charge in [0.1, 0.15) is 0 Å². The van der Waals surface area contributed by atoms with Crippen LogP contribution < -0.4 is 5.32 Å². The van der Waals surface area contributed by atoms with E-state index in [0.29, 0.717) is 18.7 Å². The quantitative estimate of drug-likeness (QED) is 0.633. The third kappa shape index (κ3) is 3.76. The van der Waals surface area contributed by atoms with Crippen LogP contribution in [0.25, 0.3) is 0 Å². The van der Waals surface area contributed by atoms with Crippen molar-refractivity contribution < 1.29 is 14.3 Å². The predicted molar refractivity (Wildman–Crippen MR) is 119 cm³/mol. The molecule has 6 heteroatoms. The number of anilines is 1. The molecule has 0 radical (unpaired) electrons. The molecule has 154 valence electrons. The van der Waals surface area contributed by atoms with Crippen molar-refractivity contribution in [1.82, 2.24) is 4.90 Å². The number of hydrogen-bond donors (Lipinski definition) is 1. The summed E-state index contributed by atoms with van der Waals surface area (Å²) in [5.74, 6) is -0.708. The maximum absolute atomic E-state index is 13.6. The van der Waals surface area contributed by atoms with Crippen molar-refractivity contribution in [3.05, 3.63) is 87.6 Å². The molecule has 2 heterocycles. The molecule has 0 spiro atoms. The summed E-state index contributed by atoms with van der Waals surface area (Å²) in [5.41, 5.74) is 3.12. The van der Waals surface area contributed by atoms with Crippen molar-refractivity contribution in [2.75, 3.05) is 25.6 Å². The molecule has 2 aromatic carbocycles. The Morgan fingerprint density at radius 3 is 2.60 bits per heavy atom. The van der Waals surface area contributed by atoms with Crippen LogP contribution in [0, 0.1) is 6.92 Å². The van der Waals surface area contributed by atoms with Gasteiger partial charge in [-0.3, -0.25) is 9.59 Å². The van der Waals surface area contributed by atoms with Gasteiger partial charge < -0.3 is 15.0 Å². The molecular weight excluding hydrogens is 396 g/mol. The van der Waals surface area contributed by atoms with Crippen LogP contribution in [0.2, 0.25) is 0 Å². The van der Waals surface area contributed by atoms with E-state index in [4.69, 9.17) is 4.74 Å². The molecule has 0 aliphatic carbocycles. The molecule has 1 aromatic heterocycles. The van der Waals surface area contributed by atoms with E-state index in [-0.39, 0.29) is 17.9 Å². The van der Waals surface area contributed by atoms with Gasteiger partial charge in [-0.05, 0) is 41.6 Å². The Morgan fingerprint density at radius 1 is 1.10 bits per heavy atom. The summed E-state index contributed by atoms with van der Waals surface area (Å²) in [6.45, 7) is 2.79. The number of aryl methyl sites for hydroxylation is 1. The summed E-state index contributed by atoms with van der Waals surface area (Å²) < 4.78 is 5.26. The van der Waals surface area contributed by atoms with Crippen molar-refractivity contribution in [3.63, 3.8) is 0 Å². The van der Waals surface area contributed by atoms with Gasteiger partial charge in [0.15, 0.2) is 0 Å². The van der Waals surface area contributed by atoms with Crippen LogP contribution in [-0.2, 0) is 9.53 Å². The number of nitrogens with one attached hydrogen (secondary N) is 1. The molecule has 1 aliphatic heterocycles. The number of para-hydroxylation sites is 1. The first-order valence-electron chi connectivity index (χ1n) is 9.90. The number of hydrogen-bond acceptors (Lipinski definition) is 4. The highest BCUT2D eigenvalue weighted by Gasteiger charge is 2.44. The molecule has 0 unspecified atom stereocenters. The minimum atomic E-state index is -0.519. The number of carbonyl (C=O) groups is 2. The van der Waals surface area contributed by atoms with Gasteiger partial charge in [-0.2, -0.15) is 0 Å². The van der Waals surface area contributed by atoms with Crippen LogP contribution in [0.4, 0.5) is 5.69 Å². The van der Waals surface area contributed by atoms with Gasteiger partial charge in [-0.1, -0.05) is 42.5 Å². The minimum absolute atomic E-state index is 0.0685. The fourth-order valence-corrected chi connectivity index (χ4v) is 4.88. The zero-order chi connectivity index (χ0) is 21.1. The lowest BCUT2D eigenvalue weighted by Gasteiger charge is -2.41. The number of nitrogens with zero attached hydrogens (tertiary/aromatic N) is 1. The summed E-state index contributed by atoms with van der Waals surface area (Å²) in [6, 6.07) is 18.7. The fourth-order valence-electron chi connectivity index (χ4n) is 4.01. The van der Waals surface area contributed by atoms with Crippen LogP contribution in [0.5, 0.6) is 0 Å². The van der Waals surface area contributed by atoms with E-state index >= 15 is 0 Å². The third-order valence-corrected chi connectivity index (χ3v) is 6.44. The number of rotatable bonds is 6. The number of carbonyl (C=O) groups excluding carboxylic acids is 2. The number of benzene rings is 2. The van der Waals surface area contributed by atoms with E-state index in [2.05, 4.69) is 5.32 Å². The second-order valence-electron chi connectivity index (χ2n) is 7.32. The number of fused-ring (bicyclic) bond motifs is 1. The van der Waals surface area contributed by atoms with E-state index in [1.807, 2.05) is 66.9 Å². The SMILES string of the molecule is COCCN1C(=O)c2ccccc2[C@@H](C(=O)Nc2ccccc2C)[C@@H]1c1cccs1. The number of ether oxygens (including phenoxy) is 1. The summed E-state index contributed by atoms with van der Waals surface area (Å²) >= 11 is 1.56. The number of methoxy groups -OCH3 is 1. The van der Waals surface area contributed by atoms with Crippen molar-refractivity contribution in [2.24, 2.45) is 0 Å². The lowest BCUT2D eigenvalue weighted by Crippen LogP contribution is -2.47. The molecule has 2 atom stereocenters. The molecule has 1 N–H and O–H groups in total. The summed E-state index contributed by atoms with van der Waals surface area (Å²) in [6.07, 6.45) is 0. The fraction of sp³-hybridized carbons (Fsp3) is 0.250. The zero-order valence-corrected chi connectivity index (χ0v) is 17.8. The van der Waals surface area contributed by atoms with Crippen molar-refractivity contribution in [3.8, 4) is 0 Å². The smallest absolute Gasteiger partial charge is 0.254 e. The zero-order valence-electron chi connectivity index (χ0n) is 17.0. The molecule has 3 aromatic rings. The molecule has 0 bridgehead atoms. The standard InChI is InChI=1S/C24H24N2O3S/c1-16-8-3-6-11-19(16)25-23(27)21-17-9-4-5-10-18(17)24(28)26(13-14-29-2)22(21)20-12-7-15-30-20/h3-12,15,21-22H,13-14H2,1-2H3,(H,25,27)/t21-,22+/m1/s1. The summed E-state index contributed by atoms with van der Waals surface area (Å²) in [5, 5.41) is 5.08. The summed E-state index contributed by atoms with van der Waals surface area (Å²) in [4.78, 5) is 29.8. The molecule has 4 rings (SSSR count). The molecule has 5 nitrogen and oxygen atoms in total. The lowest BCUT2D eigenvalue weighted by molar-refractivity contribution is -0.119. The highest BCUT2D eigenvalue weighted by atomic mass is 32.1. The van der Waals surface area contributed by atoms with Crippen LogP contribution in [0.3, 0.4) is 0 Å². The molecule has 0 saturated carbocycles. The Bertz CT molecular complexity index is 1050. The van der Waals surface area contributed by atoms with Gasteiger partial charge in [0, 0.05) is 29.8 Å². The molecule has 0 fully saturated rings. The van der Waals surface area contributed by atoms with E-state index in [9.17, 15) is 9.59 Å². The second-order valence-corrected chi connectivity index (χ2v) is 8.30. The molecular formula is C24H24N2O3S. The van der Waals surface area contributed by atoms with E-state index < -0.39 is 5.92 Å². The predicted octanol–water partition coefficient (Wildman–Crippen LogP) is 4.62. The normalized spacial score (nSPS) is 18.2. The highest BCUT2D eigenvalue weighted by Crippen LogP contribution is 2.44. The average molecular weight is 421 g/mol. The lowest BCUT2D eigenvalue weighted by atomic mass is 9.81. The third-order valence-electron chi connectivity index (χ3n) is 5.50. The van der Waals surface area contributed by atoms with E-state index in [0.717, 1.165) is 21.7 Å². The van der Waals surface area contributed by atoms with Crippen molar-refractivity contribution >= 4 is 28.8 Å². The molecule has 2 amide bonds. The molecule has 30 heavy (non-hydrogen) atoms. The van der Waals surface area contributed by atoms with Gasteiger partial charge in [0.05, 0.1) is 18.6 Å². The second kappa shape index (κ2) is 8.81. The van der Waals surface area contributed by atoms with Gasteiger partial charge in [0.2, 0.25) is 5.91 Å². The van der Waals surface area contributed by atoms with E-state index in [1.54, 1.807) is 29.4 Å². The Balaban J connectivity index is 1.81. The Labute approximate surface area is 180 Å². The first kappa shape index (κ1) is 20.3. The Kier molecular flexibility index (Phi) is 5.97. The monoisotopic (exact) mass is 420 g/mol. The highest BCUT2D eigenvalue weighted by molar-refractivity contribution is 7.10. The summed E-state index contributed by atoms with van der Waals surface area (Å²) in [7, 11) is 1.62. The maximum atomic E-state index is 13.6. The van der Waals surface area contributed by atoms with Gasteiger partial charge in [0.25, 0.3) is 5.91 Å². The van der Waals surface area contributed by atoms with Crippen LogP contribution in [0.1, 0.15) is 38.3 Å². The van der Waals surface area contributed by atoms with E-state index in [1.165, 1.54) is 0 Å². The molecule has 0 saturated heterocycles. The van der Waals surface area contributed by atoms with Gasteiger partial charge in [-0.25, -0.2) is 0 Å². The van der Waals surface area contributed by atoms with Crippen LogP contribution >= 0.6 is 11.3 Å². The average Bonchev–Trinajstić information content (AvgIpc) is 3.29. The van der Waals surface area contributed by atoms with Gasteiger partial charge in [-0.15, -0.1) is 11.3 Å². The largest absolute Gasteiger partial charge is 0.383 e. The Morgan fingerprint density at radius 2 is 1.87 bits per heavy atom. The van der Waals surface area contributed by atoms with Crippen LogP contribution in [0.15, 0.2) is 66.0 Å². The Hall–Kier alpha value is -2.96. The number of thiophene rings is 1. The number of amides is 2. The van der Waals surface area contributed by atoms with Crippen LogP contribution in [-0.4, -0.2) is 37.0 Å². The van der Waals surface area contributed by atoms with Crippen molar-refractivity contribution in [1.29, 1.82) is 0 Å². The minimum Gasteiger partial charge on any atom is -0.383 e. The first-order chi connectivity index (χ1) is 14.6. The maximum Gasteiger partial charge on any atom is 0.254 e. The molecule has 1 aliphatic rings. The van der Waals surface area contributed by atoms with Crippen molar-refractivity contribution in [2.45, 2.75) is 18.9 Å².